The Morgan fingerprint density at radius 2 is 1.68 bits per heavy atom. The molecule has 3 rings (SSSR count). The van der Waals surface area contributed by atoms with Gasteiger partial charge >= 0.3 is 13.3 Å². The molecule has 1 saturated heterocycles. The van der Waals surface area contributed by atoms with E-state index in [1.165, 1.54) is 12.1 Å². The third-order valence-electron chi connectivity index (χ3n) is 5.10. The lowest BCUT2D eigenvalue weighted by Gasteiger charge is -2.32. The number of alkyl halides is 3. The fourth-order valence-corrected chi connectivity index (χ4v) is 2.91. The van der Waals surface area contributed by atoms with E-state index in [4.69, 9.17) is 9.31 Å². The van der Waals surface area contributed by atoms with Gasteiger partial charge in [-0.2, -0.15) is 13.2 Å². The van der Waals surface area contributed by atoms with Crippen LogP contribution in [0.25, 0.3) is 0 Å². The zero-order valence-corrected chi connectivity index (χ0v) is 13.2. The molecule has 22 heavy (non-hydrogen) atoms. The predicted octanol–water partition coefficient (Wildman–Crippen LogP) is 4.66. The van der Waals surface area contributed by atoms with E-state index in [0.717, 1.165) is 18.1 Å². The van der Waals surface area contributed by atoms with Crippen LogP contribution in [0.2, 0.25) is 5.82 Å². The van der Waals surface area contributed by atoms with Crippen LogP contribution in [0.1, 0.15) is 51.2 Å². The van der Waals surface area contributed by atoms with Gasteiger partial charge in [-0.15, -0.1) is 0 Å². The second-order valence-electron chi connectivity index (χ2n) is 7.25. The summed E-state index contributed by atoms with van der Waals surface area (Å²) >= 11 is 0. The molecule has 1 aromatic rings. The topological polar surface area (TPSA) is 18.5 Å². The number of benzene rings is 1. The molecule has 120 valence electrons. The Kier molecular flexibility index (Phi) is 3.42. The van der Waals surface area contributed by atoms with E-state index in [9.17, 15) is 13.2 Å². The summed E-state index contributed by atoms with van der Waals surface area (Å²) in [6.45, 7) is 7.92. The molecule has 0 aromatic heterocycles. The maximum absolute atomic E-state index is 12.8. The highest BCUT2D eigenvalue weighted by Gasteiger charge is 2.59. The Hall–Kier alpha value is -1.01. The molecule has 1 aromatic carbocycles. The van der Waals surface area contributed by atoms with E-state index in [-0.39, 0.29) is 18.9 Å². The Labute approximate surface area is 129 Å². The second-order valence-corrected chi connectivity index (χ2v) is 7.25. The summed E-state index contributed by atoms with van der Waals surface area (Å²) < 4.78 is 50.4. The molecule has 2 nitrogen and oxygen atoms in total. The van der Waals surface area contributed by atoms with Crippen LogP contribution in [0.3, 0.4) is 0 Å². The van der Waals surface area contributed by atoms with Crippen LogP contribution in [0.15, 0.2) is 24.3 Å². The summed E-state index contributed by atoms with van der Waals surface area (Å²) in [7, 11) is -0.343. The van der Waals surface area contributed by atoms with Crippen molar-refractivity contribution in [1.29, 1.82) is 0 Å². The summed E-state index contributed by atoms with van der Waals surface area (Å²) in [5, 5.41) is 0. The summed E-state index contributed by atoms with van der Waals surface area (Å²) in [6, 6.07) is 5.58. The van der Waals surface area contributed by atoms with Crippen LogP contribution in [0, 0.1) is 0 Å². The molecule has 2 unspecified atom stereocenters. The Balaban J connectivity index is 1.74. The molecular weight excluding hydrogens is 292 g/mol. The van der Waals surface area contributed by atoms with Gasteiger partial charge in [0.05, 0.1) is 16.8 Å². The summed E-state index contributed by atoms with van der Waals surface area (Å²) in [6.07, 6.45) is -3.50. The van der Waals surface area contributed by atoms with Gasteiger partial charge in [-0.05, 0) is 51.7 Å². The van der Waals surface area contributed by atoms with Crippen LogP contribution in [0.5, 0.6) is 0 Å². The van der Waals surface area contributed by atoms with E-state index < -0.39 is 22.9 Å². The van der Waals surface area contributed by atoms with Gasteiger partial charge in [-0.25, -0.2) is 0 Å². The molecule has 0 amide bonds. The predicted molar refractivity (Wildman–Crippen MR) is 78.6 cm³/mol. The van der Waals surface area contributed by atoms with Crippen molar-refractivity contribution < 1.29 is 22.5 Å². The highest BCUT2D eigenvalue weighted by molar-refractivity contribution is 6.49. The van der Waals surface area contributed by atoms with Crippen molar-refractivity contribution in [2.24, 2.45) is 0 Å². The highest BCUT2D eigenvalue weighted by Crippen LogP contribution is 2.58. The first-order valence-electron chi connectivity index (χ1n) is 7.54. The lowest BCUT2D eigenvalue weighted by atomic mass is 9.79. The SMILES string of the molecule is CC1(C)OB(C2CC2c2cccc(C(F)(F)F)c2)OC1(C)C. The zero-order valence-electron chi connectivity index (χ0n) is 13.2. The lowest BCUT2D eigenvalue weighted by Crippen LogP contribution is -2.41. The minimum Gasteiger partial charge on any atom is -0.403 e. The molecule has 1 saturated carbocycles. The van der Waals surface area contributed by atoms with E-state index in [0.29, 0.717) is 0 Å². The minimum absolute atomic E-state index is 0.0806. The first-order valence-corrected chi connectivity index (χ1v) is 7.54. The molecule has 0 radical (unpaired) electrons. The van der Waals surface area contributed by atoms with Crippen LogP contribution in [-0.4, -0.2) is 18.3 Å². The van der Waals surface area contributed by atoms with Crippen molar-refractivity contribution in [3.05, 3.63) is 35.4 Å². The van der Waals surface area contributed by atoms with Gasteiger partial charge in [0.25, 0.3) is 0 Å². The van der Waals surface area contributed by atoms with E-state index in [2.05, 4.69) is 0 Å². The smallest absolute Gasteiger partial charge is 0.403 e. The standard InChI is InChI=1S/C16H20BF3O2/c1-14(2)15(3,4)22-17(21-14)13-9-12(13)10-6-5-7-11(8-10)16(18,19)20/h5-8,12-13H,9H2,1-4H3. The first kappa shape index (κ1) is 15.9. The van der Waals surface area contributed by atoms with Gasteiger partial charge < -0.3 is 9.31 Å². The average Bonchev–Trinajstić information content (AvgIpc) is 3.12. The van der Waals surface area contributed by atoms with E-state index >= 15 is 0 Å². The Bertz CT molecular complexity index is 567. The van der Waals surface area contributed by atoms with Crippen molar-refractivity contribution in [2.75, 3.05) is 0 Å². The molecule has 6 heteroatoms. The maximum Gasteiger partial charge on any atom is 0.461 e. The van der Waals surface area contributed by atoms with Crippen molar-refractivity contribution in [3.8, 4) is 0 Å². The quantitative estimate of drug-likeness (QED) is 0.740. The van der Waals surface area contributed by atoms with E-state index in [1.54, 1.807) is 6.07 Å². The van der Waals surface area contributed by atoms with Crippen LogP contribution >= 0.6 is 0 Å². The molecule has 2 aliphatic rings. The molecule has 1 aliphatic heterocycles. The van der Waals surface area contributed by atoms with Crippen molar-refractivity contribution in [1.82, 2.24) is 0 Å². The molecular formula is C16H20BF3O2. The molecule has 0 bridgehead atoms. The van der Waals surface area contributed by atoms with Gasteiger partial charge in [0.2, 0.25) is 0 Å². The third-order valence-corrected chi connectivity index (χ3v) is 5.10. The number of hydrogen-bond acceptors (Lipinski definition) is 2. The number of rotatable bonds is 2. The Morgan fingerprint density at radius 1 is 1.09 bits per heavy atom. The van der Waals surface area contributed by atoms with Gasteiger partial charge in [-0.3, -0.25) is 0 Å². The lowest BCUT2D eigenvalue weighted by molar-refractivity contribution is -0.137. The van der Waals surface area contributed by atoms with Gasteiger partial charge in [0, 0.05) is 5.82 Å². The molecule has 2 atom stereocenters. The average molecular weight is 312 g/mol. The Morgan fingerprint density at radius 3 is 2.23 bits per heavy atom. The fourth-order valence-electron chi connectivity index (χ4n) is 2.91. The molecule has 2 fully saturated rings. The summed E-state index contributed by atoms with van der Waals surface area (Å²) in [5.41, 5.74) is -0.684. The van der Waals surface area contributed by atoms with Gasteiger partial charge in [0.15, 0.2) is 0 Å². The molecule has 1 aliphatic carbocycles. The number of hydrogen-bond donors (Lipinski definition) is 0. The van der Waals surface area contributed by atoms with E-state index in [1.807, 2.05) is 27.7 Å². The third kappa shape index (κ3) is 2.67. The fraction of sp³-hybridized carbons (Fsp3) is 0.625. The molecule has 0 N–H and O–H groups in total. The van der Waals surface area contributed by atoms with Crippen LogP contribution < -0.4 is 0 Å². The normalized spacial score (nSPS) is 29.7. The first-order chi connectivity index (χ1) is 10.0. The zero-order chi connectivity index (χ0) is 16.3. The highest BCUT2D eigenvalue weighted by atomic mass is 19.4. The minimum atomic E-state index is -4.30. The van der Waals surface area contributed by atoms with Crippen molar-refractivity contribution in [3.63, 3.8) is 0 Å². The molecule has 0 spiro atoms. The van der Waals surface area contributed by atoms with Crippen LogP contribution in [0.4, 0.5) is 13.2 Å². The van der Waals surface area contributed by atoms with Crippen molar-refractivity contribution >= 4 is 7.12 Å². The van der Waals surface area contributed by atoms with Gasteiger partial charge in [-0.1, -0.05) is 18.2 Å². The number of halogens is 3. The van der Waals surface area contributed by atoms with Crippen LogP contribution in [-0.2, 0) is 15.5 Å². The monoisotopic (exact) mass is 312 g/mol. The van der Waals surface area contributed by atoms with Gasteiger partial charge in [0.1, 0.15) is 0 Å². The largest absolute Gasteiger partial charge is 0.461 e. The second kappa shape index (κ2) is 4.74. The molecule has 1 heterocycles. The maximum atomic E-state index is 12.8. The van der Waals surface area contributed by atoms with Crippen molar-refractivity contribution in [2.45, 2.75) is 63.2 Å². The summed E-state index contributed by atoms with van der Waals surface area (Å²) in [5.74, 6) is 0.210. The summed E-state index contributed by atoms with van der Waals surface area (Å²) in [4.78, 5) is 0.